The molecule has 2 aliphatic heterocycles. The molecule has 1 aromatic rings. The molecule has 2 aliphatic rings. The fourth-order valence-electron chi connectivity index (χ4n) is 3.51. The minimum absolute atomic E-state index is 0.163. The summed E-state index contributed by atoms with van der Waals surface area (Å²) in [7, 11) is 2.99. The molecule has 2 heterocycles. The maximum Gasteiger partial charge on any atom is 0.307 e. The van der Waals surface area contributed by atoms with Gasteiger partial charge in [0.25, 0.3) is 0 Å². The molecule has 0 radical (unpaired) electrons. The van der Waals surface area contributed by atoms with E-state index in [4.69, 9.17) is 23.7 Å². The lowest BCUT2D eigenvalue weighted by molar-refractivity contribution is -0.220. The first-order valence-electron chi connectivity index (χ1n) is 8.81. The van der Waals surface area contributed by atoms with Crippen molar-refractivity contribution in [3.8, 4) is 0 Å². The summed E-state index contributed by atoms with van der Waals surface area (Å²) in [5.41, 5.74) is 1.11. The molecule has 7 nitrogen and oxygen atoms in total. The molecule has 0 amide bonds. The van der Waals surface area contributed by atoms with Gasteiger partial charge in [0.15, 0.2) is 12.1 Å². The first-order valence-corrected chi connectivity index (χ1v) is 8.81. The van der Waals surface area contributed by atoms with Gasteiger partial charge in [-0.15, -0.1) is 0 Å². The summed E-state index contributed by atoms with van der Waals surface area (Å²) in [6.07, 6.45) is -1.43. The fourth-order valence-corrected chi connectivity index (χ4v) is 3.51. The van der Waals surface area contributed by atoms with Crippen molar-refractivity contribution in [2.24, 2.45) is 0 Å². The average Bonchev–Trinajstić information content (AvgIpc) is 3.10. The van der Waals surface area contributed by atoms with Crippen molar-refractivity contribution in [1.82, 2.24) is 5.32 Å². The smallest absolute Gasteiger partial charge is 0.307 e. The number of carbonyl (C=O) groups is 1. The minimum atomic E-state index is -0.716. The molecule has 26 heavy (non-hydrogen) atoms. The van der Waals surface area contributed by atoms with Crippen LogP contribution in [0.2, 0.25) is 0 Å². The number of benzene rings is 1. The highest BCUT2D eigenvalue weighted by atomic mass is 16.8. The molecule has 0 aliphatic carbocycles. The molecule has 0 saturated carbocycles. The zero-order valence-electron chi connectivity index (χ0n) is 15.6. The van der Waals surface area contributed by atoms with Gasteiger partial charge >= 0.3 is 5.97 Å². The van der Waals surface area contributed by atoms with Crippen LogP contribution in [-0.2, 0) is 35.0 Å². The molecular weight excluding hydrogens is 338 g/mol. The highest BCUT2D eigenvalue weighted by Gasteiger charge is 2.56. The first-order chi connectivity index (χ1) is 12.4. The number of carbonyl (C=O) groups excluding carboxylic acids is 1. The van der Waals surface area contributed by atoms with Crippen molar-refractivity contribution >= 4 is 5.97 Å². The predicted molar refractivity (Wildman–Crippen MR) is 93.2 cm³/mol. The topological polar surface area (TPSA) is 75.3 Å². The van der Waals surface area contributed by atoms with Crippen LogP contribution >= 0.6 is 0 Å². The van der Waals surface area contributed by atoms with Crippen molar-refractivity contribution in [3.05, 3.63) is 35.9 Å². The Bertz CT molecular complexity index is 607. The van der Waals surface area contributed by atoms with Crippen LogP contribution in [-0.4, -0.2) is 56.6 Å². The Morgan fingerprint density at radius 3 is 2.62 bits per heavy atom. The quantitative estimate of drug-likeness (QED) is 0.736. The highest BCUT2D eigenvalue weighted by molar-refractivity contribution is 5.70. The largest absolute Gasteiger partial charge is 0.469 e. The second kappa shape index (κ2) is 8.02. The summed E-state index contributed by atoms with van der Waals surface area (Å²) in [5, 5.41) is 3.40. The van der Waals surface area contributed by atoms with Gasteiger partial charge in [-0.25, -0.2) is 0 Å². The second-order valence-electron chi connectivity index (χ2n) is 7.02. The van der Waals surface area contributed by atoms with E-state index in [1.165, 1.54) is 7.11 Å². The minimum Gasteiger partial charge on any atom is -0.469 e. The molecule has 2 saturated heterocycles. The summed E-state index contributed by atoms with van der Waals surface area (Å²) in [4.78, 5) is 11.9. The van der Waals surface area contributed by atoms with Crippen LogP contribution in [0.4, 0.5) is 0 Å². The zero-order chi connectivity index (χ0) is 18.7. The fraction of sp³-hybridized carbons (Fsp3) is 0.632. The number of esters is 1. The highest BCUT2D eigenvalue weighted by Crippen LogP contribution is 2.39. The predicted octanol–water partition coefficient (Wildman–Crippen LogP) is 1.60. The van der Waals surface area contributed by atoms with E-state index in [-0.39, 0.29) is 30.6 Å². The molecule has 0 unspecified atom stereocenters. The molecule has 144 valence electrons. The van der Waals surface area contributed by atoms with Gasteiger partial charge in [0, 0.05) is 19.7 Å². The second-order valence-corrected chi connectivity index (χ2v) is 7.02. The van der Waals surface area contributed by atoms with Gasteiger partial charge in [-0.3, -0.25) is 4.79 Å². The third-order valence-corrected chi connectivity index (χ3v) is 4.72. The van der Waals surface area contributed by atoms with Gasteiger partial charge in [-0.05, 0) is 19.4 Å². The van der Waals surface area contributed by atoms with E-state index in [9.17, 15) is 4.79 Å². The van der Waals surface area contributed by atoms with Crippen molar-refractivity contribution in [2.45, 2.75) is 63.2 Å². The van der Waals surface area contributed by atoms with Crippen LogP contribution < -0.4 is 5.32 Å². The Hall–Kier alpha value is -1.51. The third kappa shape index (κ3) is 4.24. The monoisotopic (exact) mass is 365 g/mol. The first kappa shape index (κ1) is 19.3. The lowest BCUT2D eigenvalue weighted by Gasteiger charge is -2.30. The number of hydrogen-bond donors (Lipinski definition) is 1. The maximum atomic E-state index is 11.9. The van der Waals surface area contributed by atoms with Crippen LogP contribution in [0.25, 0.3) is 0 Å². The molecule has 2 fully saturated rings. The van der Waals surface area contributed by atoms with Crippen LogP contribution in [0.1, 0.15) is 25.8 Å². The Morgan fingerprint density at radius 2 is 1.96 bits per heavy atom. The van der Waals surface area contributed by atoms with Crippen LogP contribution in [0.3, 0.4) is 0 Å². The Labute approximate surface area is 153 Å². The normalized spacial score (nSPS) is 30.8. The summed E-state index contributed by atoms with van der Waals surface area (Å²) >= 11 is 0. The SMILES string of the molecule is COC(=O)C[C@@H](NCc1ccccc1)[C@H]1O[C@@H]2OC(C)(C)O[C@@H]2[C@H]1OC. The molecule has 1 aromatic carbocycles. The van der Waals surface area contributed by atoms with Gasteiger partial charge in [-0.2, -0.15) is 0 Å². The number of methoxy groups -OCH3 is 2. The van der Waals surface area contributed by atoms with Gasteiger partial charge in [0.1, 0.15) is 18.3 Å². The van der Waals surface area contributed by atoms with E-state index < -0.39 is 18.2 Å². The number of hydrogen-bond acceptors (Lipinski definition) is 7. The number of ether oxygens (including phenoxy) is 5. The lowest BCUT2D eigenvalue weighted by Crippen LogP contribution is -2.49. The van der Waals surface area contributed by atoms with Gasteiger partial charge in [0.2, 0.25) is 0 Å². The summed E-state index contributed by atoms with van der Waals surface area (Å²) in [6, 6.07) is 9.67. The molecule has 0 bridgehead atoms. The van der Waals surface area contributed by atoms with Crippen LogP contribution in [0, 0.1) is 0 Å². The van der Waals surface area contributed by atoms with Gasteiger partial charge < -0.3 is 29.0 Å². The Morgan fingerprint density at radius 1 is 1.23 bits per heavy atom. The summed E-state index contributed by atoms with van der Waals surface area (Å²) < 4.78 is 28.3. The maximum absolute atomic E-state index is 11.9. The average molecular weight is 365 g/mol. The molecule has 7 heteroatoms. The van der Waals surface area contributed by atoms with Crippen molar-refractivity contribution < 1.29 is 28.5 Å². The van der Waals surface area contributed by atoms with E-state index in [1.807, 2.05) is 44.2 Å². The Kier molecular flexibility index (Phi) is 5.94. The van der Waals surface area contributed by atoms with Crippen LogP contribution in [0.5, 0.6) is 0 Å². The van der Waals surface area contributed by atoms with E-state index in [2.05, 4.69) is 5.32 Å². The molecule has 0 spiro atoms. The molecule has 0 aromatic heterocycles. The number of fused-ring (bicyclic) bond motifs is 1. The van der Waals surface area contributed by atoms with Crippen molar-refractivity contribution in [2.75, 3.05) is 14.2 Å². The Balaban J connectivity index is 1.72. The molecule has 1 N–H and O–H groups in total. The lowest BCUT2D eigenvalue weighted by atomic mass is 10.00. The standard InChI is InChI=1S/C19H27NO6/c1-19(2)25-17-16(23-4)15(24-18(17)26-19)13(10-14(21)22-3)20-11-12-8-6-5-7-9-12/h5-9,13,15-18,20H,10-11H2,1-4H3/t13-,15-,16+,17-,18-/m1/s1. The summed E-state index contributed by atoms with van der Waals surface area (Å²) in [5.74, 6) is -1.03. The van der Waals surface area contributed by atoms with E-state index in [1.54, 1.807) is 7.11 Å². The van der Waals surface area contributed by atoms with E-state index in [0.717, 1.165) is 5.56 Å². The summed E-state index contributed by atoms with van der Waals surface area (Å²) in [6.45, 7) is 4.29. The van der Waals surface area contributed by atoms with Crippen LogP contribution in [0.15, 0.2) is 30.3 Å². The van der Waals surface area contributed by atoms with E-state index >= 15 is 0 Å². The van der Waals surface area contributed by atoms with E-state index in [0.29, 0.717) is 6.54 Å². The number of rotatable bonds is 7. The third-order valence-electron chi connectivity index (χ3n) is 4.72. The van der Waals surface area contributed by atoms with Gasteiger partial charge in [-0.1, -0.05) is 30.3 Å². The van der Waals surface area contributed by atoms with Gasteiger partial charge in [0.05, 0.1) is 13.5 Å². The molecule has 5 atom stereocenters. The van der Waals surface area contributed by atoms with Crippen molar-refractivity contribution in [3.63, 3.8) is 0 Å². The van der Waals surface area contributed by atoms with Crippen molar-refractivity contribution in [1.29, 1.82) is 0 Å². The molecular formula is C19H27NO6. The molecule has 3 rings (SSSR count). The number of nitrogens with one attached hydrogen (secondary N) is 1. The zero-order valence-corrected chi connectivity index (χ0v) is 15.6.